The smallest absolute Gasteiger partial charge is 0.0503 e. The van der Waals surface area contributed by atoms with Crippen molar-refractivity contribution in [1.29, 1.82) is 0 Å². The van der Waals surface area contributed by atoms with Crippen LogP contribution in [0.25, 0.3) is 0 Å². The maximum absolute atomic E-state index is 6.29. The SMILES string of the molecule is COCC1CCN(CCC(N)c2ccccc2Br)C1. The third-order valence-electron chi connectivity index (χ3n) is 3.83. The van der Waals surface area contributed by atoms with Gasteiger partial charge in [-0.1, -0.05) is 34.1 Å². The van der Waals surface area contributed by atoms with Crippen molar-refractivity contribution in [2.75, 3.05) is 33.4 Å². The van der Waals surface area contributed by atoms with Gasteiger partial charge in [0.2, 0.25) is 0 Å². The van der Waals surface area contributed by atoms with Gasteiger partial charge in [0.25, 0.3) is 0 Å². The third-order valence-corrected chi connectivity index (χ3v) is 4.56. The van der Waals surface area contributed by atoms with Crippen molar-refractivity contribution in [2.45, 2.75) is 18.9 Å². The molecule has 0 amide bonds. The maximum atomic E-state index is 6.29. The molecule has 2 N–H and O–H groups in total. The van der Waals surface area contributed by atoms with Crippen LogP contribution in [0.1, 0.15) is 24.4 Å². The number of likely N-dealkylation sites (tertiary alicyclic amines) is 1. The highest BCUT2D eigenvalue weighted by Gasteiger charge is 2.22. The lowest BCUT2D eigenvalue weighted by Crippen LogP contribution is -2.26. The minimum Gasteiger partial charge on any atom is -0.384 e. The van der Waals surface area contributed by atoms with Crippen LogP contribution in [0.3, 0.4) is 0 Å². The van der Waals surface area contributed by atoms with Crippen molar-refractivity contribution in [1.82, 2.24) is 4.90 Å². The monoisotopic (exact) mass is 326 g/mol. The molecule has 1 aromatic carbocycles. The highest BCUT2D eigenvalue weighted by molar-refractivity contribution is 9.10. The average molecular weight is 327 g/mol. The zero-order valence-corrected chi connectivity index (χ0v) is 13.1. The van der Waals surface area contributed by atoms with Crippen LogP contribution in [0.5, 0.6) is 0 Å². The van der Waals surface area contributed by atoms with Crippen molar-refractivity contribution in [3.63, 3.8) is 0 Å². The van der Waals surface area contributed by atoms with Gasteiger partial charge in [-0.05, 0) is 43.5 Å². The summed E-state index contributed by atoms with van der Waals surface area (Å²) in [5.41, 5.74) is 7.49. The van der Waals surface area contributed by atoms with E-state index in [9.17, 15) is 0 Å². The van der Waals surface area contributed by atoms with Crippen LogP contribution in [-0.2, 0) is 4.74 Å². The molecule has 0 aromatic heterocycles. The van der Waals surface area contributed by atoms with Gasteiger partial charge < -0.3 is 15.4 Å². The summed E-state index contributed by atoms with van der Waals surface area (Å²) in [7, 11) is 1.78. The summed E-state index contributed by atoms with van der Waals surface area (Å²) in [6, 6.07) is 8.34. The van der Waals surface area contributed by atoms with Gasteiger partial charge in [-0.25, -0.2) is 0 Å². The van der Waals surface area contributed by atoms with E-state index in [-0.39, 0.29) is 6.04 Å². The summed E-state index contributed by atoms with van der Waals surface area (Å²) in [5.74, 6) is 0.699. The van der Waals surface area contributed by atoms with E-state index in [1.807, 2.05) is 12.1 Å². The molecule has 1 aliphatic heterocycles. The van der Waals surface area contributed by atoms with Gasteiger partial charge in [-0.2, -0.15) is 0 Å². The number of halogens is 1. The molecule has 0 aliphatic carbocycles. The topological polar surface area (TPSA) is 38.5 Å². The van der Waals surface area contributed by atoms with Crippen molar-refractivity contribution in [3.8, 4) is 0 Å². The molecule has 0 bridgehead atoms. The van der Waals surface area contributed by atoms with Crippen molar-refractivity contribution >= 4 is 15.9 Å². The Balaban J connectivity index is 1.78. The Labute approximate surface area is 124 Å². The zero-order valence-electron chi connectivity index (χ0n) is 11.5. The summed E-state index contributed by atoms with van der Waals surface area (Å²) in [6.07, 6.45) is 2.25. The van der Waals surface area contributed by atoms with Crippen LogP contribution in [0.2, 0.25) is 0 Å². The first kappa shape index (κ1) is 15.0. The molecule has 3 nitrogen and oxygen atoms in total. The summed E-state index contributed by atoms with van der Waals surface area (Å²) in [6.45, 7) is 4.28. The largest absolute Gasteiger partial charge is 0.384 e. The predicted molar refractivity (Wildman–Crippen MR) is 82.1 cm³/mol. The molecular formula is C15H23BrN2O. The number of hydrogen-bond donors (Lipinski definition) is 1. The molecule has 2 rings (SSSR count). The molecule has 1 saturated heterocycles. The average Bonchev–Trinajstić information content (AvgIpc) is 2.85. The van der Waals surface area contributed by atoms with E-state index in [1.54, 1.807) is 7.11 Å². The molecule has 1 aliphatic rings. The normalized spacial score (nSPS) is 21.7. The van der Waals surface area contributed by atoms with E-state index in [4.69, 9.17) is 10.5 Å². The molecule has 19 heavy (non-hydrogen) atoms. The molecule has 106 valence electrons. The van der Waals surface area contributed by atoms with E-state index in [0.717, 1.165) is 30.6 Å². The van der Waals surface area contributed by atoms with Crippen molar-refractivity contribution < 1.29 is 4.74 Å². The highest BCUT2D eigenvalue weighted by atomic mass is 79.9. The first-order chi connectivity index (χ1) is 9.20. The highest BCUT2D eigenvalue weighted by Crippen LogP contribution is 2.25. The van der Waals surface area contributed by atoms with E-state index >= 15 is 0 Å². The Bertz CT molecular complexity index is 399. The first-order valence-corrected chi connectivity index (χ1v) is 7.71. The fourth-order valence-corrected chi connectivity index (χ4v) is 3.32. The summed E-state index contributed by atoms with van der Waals surface area (Å²) in [5, 5.41) is 0. The van der Waals surface area contributed by atoms with Crippen LogP contribution in [0.15, 0.2) is 28.7 Å². The Morgan fingerprint density at radius 2 is 2.26 bits per heavy atom. The van der Waals surface area contributed by atoms with Gasteiger partial charge in [0.1, 0.15) is 0 Å². The number of methoxy groups -OCH3 is 1. The molecule has 0 spiro atoms. The number of rotatable bonds is 6. The molecule has 0 radical (unpaired) electrons. The van der Waals surface area contributed by atoms with Gasteiger partial charge in [-0.15, -0.1) is 0 Å². The van der Waals surface area contributed by atoms with Crippen LogP contribution in [0.4, 0.5) is 0 Å². The standard InChI is InChI=1S/C15H23BrN2O/c1-19-11-12-6-8-18(10-12)9-7-15(17)13-4-2-3-5-14(13)16/h2-5,12,15H,6-11,17H2,1H3. The Hall–Kier alpha value is -0.420. The lowest BCUT2D eigenvalue weighted by atomic mass is 10.0. The van der Waals surface area contributed by atoms with Crippen molar-refractivity contribution in [2.24, 2.45) is 11.7 Å². The van der Waals surface area contributed by atoms with Crippen LogP contribution in [-0.4, -0.2) is 38.3 Å². The zero-order chi connectivity index (χ0) is 13.7. The maximum Gasteiger partial charge on any atom is 0.0503 e. The van der Waals surface area contributed by atoms with Gasteiger partial charge in [0.15, 0.2) is 0 Å². The number of benzene rings is 1. The number of ether oxygens (including phenoxy) is 1. The fraction of sp³-hybridized carbons (Fsp3) is 0.600. The van der Waals surface area contributed by atoms with Gasteiger partial charge in [-0.3, -0.25) is 0 Å². The number of hydrogen-bond acceptors (Lipinski definition) is 3. The lowest BCUT2D eigenvalue weighted by molar-refractivity contribution is 0.153. The Morgan fingerprint density at radius 3 is 3.00 bits per heavy atom. The predicted octanol–water partition coefficient (Wildman–Crippen LogP) is 2.81. The molecule has 2 unspecified atom stereocenters. The summed E-state index contributed by atoms with van der Waals surface area (Å²) >= 11 is 3.57. The summed E-state index contributed by atoms with van der Waals surface area (Å²) in [4.78, 5) is 2.50. The first-order valence-electron chi connectivity index (χ1n) is 6.92. The van der Waals surface area contributed by atoms with E-state index < -0.39 is 0 Å². The van der Waals surface area contributed by atoms with E-state index in [2.05, 4.69) is 33.0 Å². The Kier molecular flexibility index (Phi) is 5.82. The molecule has 1 aromatic rings. The number of nitrogens with zero attached hydrogens (tertiary/aromatic N) is 1. The second-order valence-electron chi connectivity index (χ2n) is 5.33. The van der Waals surface area contributed by atoms with Crippen LogP contribution < -0.4 is 5.73 Å². The lowest BCUT2D eigenvalue weighted by Gasteiger charge is -2.19. The third kappa shape index (κ3) is 4.28. The molecule has 1 fully saturated rings. The second-order valence-corrected chi connectivity index (χ2v) is 6.18. The minimum atomic E-state index is 0.108. The van der Waals surface area contributed by atoms with E-state index in [1.165, 1.54) is 18.5 Å². The van der Waals surface area contributed by atoms with Crippen LogP contribution in [0, 0.1) is 5.92 Å². The van der Waals surface area contributed by atoms with Gasteiger partial charge >= 0.3 is 0 Å². The Morgan fingerprint density at radius 1 is 1.47 bits per heavy atom. The molecule has 0 saturated carbocycles. The molecule has 1 heterocycles. The van der Waals surface area contributed by atoms with Gasteiger partial charge in [0, 0.05) is 24.2 Å². The van der Waals surface area contributed by atoms with Crippen molar-refractivity contribution in [3.05, 3.63) is 34.3 Å². The fourth-order valence-electron chi connectivity index (χ4n) is 2.74. The molecule has 2 atom stereocenters. The van der Waals surface area contributed by atoms with E-state index in [0.29, 0.717) is 5.92 Å². The van der Waals surface area contributed by atoms with Gasteiger partial charge in [0.05, 0.1) is 6.61 Å². The second kappa shape index (κ2) is 7.39. The molecular weight excluding hydrogens is 304 g/mol. The minimum absolute atomic E-state index is 0.108. The summed E-state index contributed by atoms with van der Waals surface area (Å²) < 4.78 is 6.34. The quantitative estimate of drug-likeness (QED) is 0.873. The van der Waals surface area contributed by atoms with Crippen LogP contribution >= 0.6 is 15.9 Å². The molecule has 4 heteroatoms. The number of nitrogens with two attached hydrogens (primary N) is 1.